The highest BCUT2D eigenvalue weighted by molar-refractivity contribution is 4.96. The van der Waals surface area contributed by atoms with Gasteiger partial charge in [-0.15, -0.1) is 0 Å². The van der Waals surface area contributed by atoms with Gasteiger partial charge in [-0.1, -0.05) is 20.3 Å². The molecule has 3 nitrogen and oxygen atoms in total. The van der Waals surface area contributed by atoms with Crippen molar-refractivity contribution in [3.05, 3.63) is 0 Å². The summed E-state index contributed by atoms with van der Waals surface area (Å²) in [4.78, 5) is 2.35. The molecule has 1 rings (SSSR count). The van der Waals surface area contributed by atoms with Crippen molar-refractivity contribution in [2.45, 2.75) is 51.6 Å². The van der Waals surface area contributed by atoms with Crippen molar-refractivity contribution < 1.29 is 0 Å². The number of hydrogen-bond acceptors (Lipinski definition) is 3. The summed E-state index contributed by atoms with van der Waals surface area (Å²) in [5.74, 6) is 0.604. The monoisotopic (exact) mass is 209 g/mol. The average Bonchev–Trinajstić information content (AvgIpc) is 2.73. The predicted molar refractivity (Wildman–Crippen MR) is 62.3 cm³/mol. The third-order valence-corrected chi connectivity index (χ3v) is 3.65. The molecular weight excluding hydrogens is 186 g/mol. The average molecular weight is 209 g/mol. The molecule has 1 fully saturated rings. The van der Waals surface area contributed by atoms with Crippen LogP contribution in [0.3, 0.4) is 0 Å². The van der Waals surface area contributed by atoms with Crippen LogP contribution >= 0.6 is 0 Å². The summed E-state index contributed by atoms with van der Waals surface area (Å²) in [6.45, 7) is 5.96. The van der Waals surface area contributed by atoms with Crippen molar-refractivity contribution in [3.63, 3.8) is 0 Å². The van der Waals surface area contributed by atoms with E-state index in [0.717, 1.165) is 19.5 Å². The molecular formula is C12H23N3. The molecule has 0 saturated heterocycles. The van der Waals surface area contributed by atoms with E-state index in [4.69, 9.17) is 11.0 Å². The summed E-state index contributed by atoms with van der Waals surface area (Å²) in [5.41, 5.74) is 5.79. The zero-order valence-electron chi connectivity index (χ0n) is 9.95. The van der Waals surface area contributed by atoms with Crippen LogP contribution in [-0.2, 0) is 0 Å². The van der Waals surface area contributed by atoms with Gasteiger partial charge >= 0.3 is 0 Å². The van der Waals surface area contributed by atoms with E-state index in [1.54, 1.807) is 0 Å². The highest BCUT2D eigenvalue weighted by Crippen LogP contribution is 2.30. The van der Waals surface area contributed by atoms with Gasteiger partial charge in [0.2, 0.25) is 0 Å². The maximum Gasteiger partial charge on any atom is 0.0977 e. The summed E-state index contributed by atoms with van der Waals surface area (Å²) < 4.78 is 0. The zero-order chi connectivity index (χ0) is 11.3. The van der Waals surface area contributed by atoms with E-state index >= 15 is 0 Å². The molecule has 1 saturated carbocycles. The molecule has 2 N–H and O–H groups in total. The fourth-order valence-electron chi connectivity index (χ4n) is 2.81. The molecule has 0 bridgehead atoms. The van der Waals surface area contributed by atoms with Gasteiger partial charge in [0.05, 0.1) is 12.1 Å². The molecule has 0 radical (unpaired) electrons. The molecule has 0 aromatic carbocycles. The van der Waals surface area contributed by atoms with Gasteiger partial charge in [-0.2, -0.15) is 5.26 Å². The minimum Gasteiger partial charge on any atom is -0.330 e. The first-order chi connectivity index (χ1) is 7.28. The minimum atomic E-state index is 0.0761. The minimum absolute atomic E-state index is 0.0761. The number of hydrogen-bond donors (Lipinski definition) is 1. The third-order valence-electron chi connectivity index (χ3n) is 3.65. The van der Waals surface area contributed by atoms with Crippen LogP contribution in [0.1, 0.15) is 39.5 Å². The topological polar surface area (TPSA) is 53.0 Å². The second-order valence-electron chi connectivity index (χ2n) is 4.38. The second kappa shape index (κ2) is 6.09. The van der Waals surface area contributed by atoms with Crippen molar-refractivity contribution in [2.24, 2.45) is 11.7 Å². The summed E-state index contributed by atoms with van der Waals surface area (Å²) in [6.07, 6.45) is 4.64. The normalized spacial score (nSPS) is 27.9. The van der Waals surface area contributed by atoms with Crippen molar-refractivity contribution in [1.82, 2.24) is 4.90 Å². The molecule has 1 aliphatic carbocycles. The molecule has 0 amide bonds. The Morgan fingerprint density at radius 2 is 2.20 bits per heavy atom. The Kier molecular flexibility index (Phi) is 5.07. The first-order valence-electron chi connectivity index (χ1n) is 6.13. The summed E-state index contributed by atoms with van der Waals surface area (Å²) >= 11 is 0. The molecule has 0 aromatic heterocycles. The molecule has 15 heavy (non-hydrogen) atoms. The van der Waals surface area contributed by atoms with Crippen LogP contribution in [0.25, 0.3) is 0 Å². The smallest absolute Gasteiger partial charge is 0.0977 e. The fourth-order valence-corrected chi connectivity index (χ4v) is 2.81. The first kappa shape index (κ1) is 12.5. The lowest BCUT2D eigenvalue weighted by Crippen LogP contribution is -2.45. The number of rotatable bonds is 5. The van der Waals surface area contributed by atoms with Gasteiger partial charge in [0.25, 0.3) is 0 Å². The molecule has 0 aliphatic heterocycles. The van der Waals surface area contributed by atoms with Gasteiger partial charge in [-0.05, 0) is 38.3 Å². The number of nitrogens with two attached hydrogens (primary N) is 1. The Bertz CT molecular complexity index is 221. The van der Waals surface area contributed by atoms with E-state index in [0.29, 0.717) is 12.0 Å². The predicted octanol–water partition coefficient (Wildman–Crippen LogP) is 1.74. The number of nitriles is 1. The van der Waals surface area contributed by atoms with Crippen LogP contribution < -0.4 is 5.73 Å². The zero-order valence-corrected chi connectivity index (χ0v) is 9.95. The standard InChI is InChI=1S/C12H23N3/c1-3-11(9-14)15(4-2)12-7-5-6-10(12)8-13/h10-12H,3-8,13H2,1-2H3. The highest BCUT2D eigenvalue weighted by atomic mass is 15.2. The summed E-state index contributed by atoms with van der Waals surface area (Å²) in [7, 11) is 0. The van der Waals surface area contributed by atoms with E-state index in [-0.39, 0.29) is 6.04 Å². The second-order valence-corrected chi connectivity index (χ2v) is 4.38. The van der Waals surface area contributed by atoms with Crippen LogP contribution in [0.15, 0.2) is 0 Å². The van der Waals surface area contributed by atoms with Crippen LogP contribution in [-0.4, -0.2) is 30.1 Å². The molecule has 0 heterocycles. The van der Waals surface area contributed by atoms with E-state index in [9.17, 15) is 0 Å². The third kappa shape index (κ3) is 2.70. The van der Waals surface area contributed by atoms with E-state index in [2.05, 4.69) is 24.8 Å². The van der Waals surface area contributed by atoms with Crippen molar-refractivity contribution >= 4 is 0 Å². The number of nitrogens with zero attached hydrogens (tertiary/aromatic N) is 2. The molecule has 1 aliphatic rings. The lowest BCUT2D eigenvalue weighted by atomic mass is 10.00. The van der Waals surface area contributed by atoms with E-state index < -0.39 is 0 Å². The first-order valence-corrected chi connectivity index (χ1v) is 6.13. The van der Waals surface area contributed by atoms with E-state index in [1.807, 2.05) is 0 Å². The Balaban J connectivity index is 2.68. The largest absolute Gasteiger partial charge is 0.330 e. The fraction of sp³-hybridized carbons (Fsp3) is 0.917. The van der Waals surface area contributed by atoms with Gasteiger partial charge in [-0.25, -0.2) is 0 Å². The van der Waals surface area contributed by atoms with Gasteiger partial charge in [-0.3, -0.25) is 4.90 Å². The van der Waals surface area contributed by atoms with Crippen LogP contribution in [0.4, 0.5) is 0 Å². The van der Waals surface area contributed by atoms with Crippen molar-refractivity contribution in [3.8, 4) is 6.07 Å². The van der Waals surface area contributed by atoms with E-state index in [1.165, 1.54) is 19.3 Å². The van der Waals surface area contributed by atoms with Gasteiger partial charge in [0.15, 0.2) is 0 Å². The summed E-state index contributed by atoms with van der Waals surface area (Å²) in [5, 5.41) is 9.12. The van der Waals surface area contributed by atoms with Crippen LogP contribution in [0.5, 0.6) is 0 Å². The molecule has 3 atom stereocenters. The van der Waals surface area contributed by atoms with Gasteiger partial charge in [0.1, 0.15) is 0 Å². The Labute approximate surface area is 93.2 Å². The molecule has 3 heteroatoms. The Morgan fingerprint density at radius 3 is 2.67 bits per heavy atom. The lowest BCUT2D eigenvalue weighted by Gasteiger charge is -2.34. The molecule has 0 spiro atoms. The SMILES string of the molecule is CCC(C#N)N(CC)C1CCCC1CN. The Hall–Kier alpha value is -0.590. The quantitative estimate of drug-likeness (QED) is 0.750. The van der Waals surface area contributed by atoms with Gasteiger partial charge < -0.3 is 5.73 Å². The van der Waals surface area contributed by atoms with Crippen LogP contribution in [0, 0.1) is 17.2 Å². The Morgan fingerprint density at radius 1 is 1.47 bits per heavy atom. The molecule has 86 valence electrons. The highest BCUT2D eigenvalue weighted by Gasteiger charge is 2.33. The molecule has 0 aromatic rings. The summed E-state index contributed by atoms with van der Waals surface area (Å²) in [6, 6.07) is 3.03. The van der Waals surface area contributed by atoms with Crippen molar-refractivity contribution in [1.29, 1.82) is 5.26 Å². The van der Waals surface area contributed by atoms with Gasteiger partial charge in [0, 0.05) is 6.04 Å². The lowest BCUT2D eigenvalue weighted by molar-refractivity contribution is 0.138. The molecule has 3 unspecified atom stereocenters. The van der Waals surface area contributed by atoms with Crippen LogP contribution in [0.2, 0.25) is 0 Å². The maximum absolute atomic E-state index is 9.12. The maximum atomic E-state index is 9.12. The van der Waals surface area contributed by atoms with Crippen molar-refractivity contribution in [2.75, 3.05) is 13.1 Å².